The van der Waals surface area contributed by atoms with E-state index in [9.17, 15) is 5.11 Å². The van der Waals surface area contributed by atoms with E-state index >= 15 is 0 Å². The van der Waals surface area contributed by atoms with Crippen LogP contribution in [0.5, 0.6) is 5.75 Å². The molecule has 0 aliphatic heterocycles. The number of para-hydroxylation sites is 1. The van der Waals surface area contributed by atoms with Crippen LogP contribution >= 0.6 is 0 Å². The van der Waals surface area contributed by atoms with Gasteiger partial charge in [0.25, 0.3) is 0 Å². The smallest absolute Gasteiger partial charge is 0.191 e. The Labute approximate surface area is 172 Å². The van der Waals surface area contributed by atoms with Gasteiger partial charge < -0.3 is 25.0 Å². The Bertz CT molecular complexity index is 935. The molecule has 29 heavy (non-hydrogen) atoms. The number of nitrogens with one attached hydrogen (secondary N) is 2. The number of hydrogen-bond donors (Lipinski definition) is 3. The molecule has 1 heterocycles. The first-order valence-corrected chi connectivity index (χ1v) is 10.1. The molecular formula is C23H30N4O2. The maximum Gasteiger partial charge on any atom is 0.191 e. The fourth-order valence-corrected chi connectivity index (χ4v) is 3.27. The lowest BCUT2D eigenvalue weighted by Gasteiger charge is -2.14. The molecule has 3 N–H and O–H groups in total. The summed E-state index contributed by atoms with van der Waals surface area (Å²) in [6.45, 7) is 4.82. The number of rotatable bonds is 9. The molecule has 0 spiro atoms. The third-order valence-corrected chi connectivity index (χ3v) is 4.79. The number of ether oxygens (including phenoxy) is 1. The Hall–Kier alpha value is -2.99. The van der Waals surface area contributed by atoms with Crippen molar-refractivity contribution in [3.63, 3.8) is 0 Å². The van der Waals surface area contributed by atoms with Crippen molar-refractivity contribution in [2.45, 2.75) is 26.0 Å². The van der Waals surface area contributed by atoms with Crippen molar-refractivity contribution in [1.82, 2.24) is 15.2 Å². The van der Waals surface area contributed by atoms with Crippen molar-refractivity contribution < 1.29 is 9.84 Å². The van der Waals surface area contributed by atoms with Gasteiger partial charge in [0.2, 0.25) is 0 Å². The van der Waals surface area contributed by atoms with Crippen LogP contribution in [0, 0.1) is 0 Å². The van der Waals surface area contributed by atoms with Crippen LogP contribution in [0.4, 0.5) is 0 Å². The Morgan fingerprint density at radius 1 is 1.14 bits per heavy atom. The van der Waals surface area contributed by atoms with Crippen molar-refractivity contribution in [3.8, 4) is 5.75 Å². The standard InChI is InChI=1S/C23H30N4O2/c1-3-24-23(26-17-22(28)19-9-6-10-20(16-19)29-2)25-13-7-14-27-15-12-18-8-4-5-11-21(18)27/h4-6,8-12,15-16,22,28H,3,7,13-14,17H2,1-2H3,(H2,24,25,26). The molecule has 0 fully saturated rings. The minimum atomic E-state index is -0.674. The van der Waals surface area contributed by atoms with Crippen LogP contribution in [0.1, 0.15) is 25.0 Å². The summed E-state index contributed by atoms with van der Waals surface area (Å²) >= 11 is 0. The van der Waals surface area contributed by atoms with Crippen molar-refractivity contribution in [3.05, 3.63) is 66.4 Å². The highest BCUT2D eigenvalue weighted by Crippen LogP contribution is 2.19. The van der Waals surface area contributed by atoms with Gasteiger partial charge in [-0.15, -0.1) is 0 Å². The molecule has 0 saturated carbocycles. The number of aryl methyl sites for hydroxylation is 1. The minimum absolute atomic E-state index is 0.282. The van der Waals surface area contributed by atoms with Crippen molar-refractivity contribution in [2.24, 2.45) is 4.99 Å². The summed E-state index contributed by atoms with van der Waals surface area (Å²) in [5.74, 6) is 1.44. The van der Waals surface area contributed by atoms with Crippen molar-refractivity contribution in [2.75, 3.05) is 26.7 Å². The number of methoxy groups -OCH3 is 1. The van der Waals surface area contributed by atoms with Gasteiger partial charge >= 0.3 is 0 Å². The normalized spacial score (nSPS) is 12.7. The van der Waals surface area contributed by atoms with Crippen LogP contribution in [0.25, 0.3) is 10.9 Å². The summed E-state index contributed by atoms with van der Waals surface area (Å²) in [6, 6.07) is 18.0. The average molecular weight is 395 g/mol. The van der Waals surface area contributed by atoms with Crippen LogP contribution in [0.3, 0.4) is 0 Å². The Morgan fingerprint density at radius 2 is 2.00 bits per heavy atom. The number of aliphatic hydroxyl groups is 1. The fraction of sp³-hybridized carbons (Fsp3) is 0.348. The number of aromatic nitrogens is 1. The SMILES string of the molecule is CCNC(=NCC(O)c1cccc(OC)c1)NCCCn1ccc2ccccc21. The number of aliphatic imine (C=N–C) groups is 1. The monoisotopic (exact) mass is 394 g/mol. The highest BCUT2D eigenvalue weighted by atomic mass is 16.5. The van der Waals surface area contributed by atoms with E-state index in [0.717, 1.165) is 37.4 Å². The number of fused-ring (bicyclic) bond motifs is 1. The molecule has 0 saturated heterocycles. The van der Waals surface area contributed by atoms with Gasteiger partial charge in [-0.1, -0.05) is 30.3 Å². The Balaban J connectivity index is 1.51. The number of nitrogens with zero attached hydrogens (tertiary/aromatic N) is 2. The zero-order valence-electron chi connectivity index (χ0n) is 17.1. The first kappa shape index (κ1) is 20.7. The van der Waals surface area contributed by atoms with Crippen LogP contribution in [0.2, 0.25) is 0 Å². The van der Waals surface area contributed by atoms with E-state index < -0.39 is 6.10 Å². The number of guanidine groups is 1. The molecule has 0 radical (unpaired) electrons. The van der Waals surface area contributed by atoms with Crippen LogP contribution in [-0.4, -0.2) is 42.4 Å². The van der Waals surface area contributed by atoms with Gasteiger partial charge in [-0.2, -0.15) is 0 Å². The Kier molecular flexibility index (Phi) is 7.53. The zero-order chi connectivity index (χ0) is 20.5. The molecule has 0 amide bonds. The lowest BCUT2D eigenvalue weighted by atomic mass is 10.1. The average Bonchev–Trinajstić information content (AvgIpc) is 3.17. The van der Waals surface area contributed by atoms with Gasteiger partial charge in [-0.3, -0.25) is 4.99 Å². The maximum atomic E-state index is 10.4. The quantitative estimate of drug-likeness (QED) is 0.296. The number of aliphatic hydroxyl groups excluding tert-OH is 1. The van der Waals surface area contributed by atoms with Crippen molar-refractivity contribution in [1.29, 1.82) is 0 Å². The third kappa shape index (κ3) is 5.74. The first-order valence-electron chi connectivity index (χ1n) is 10.1. The molecular weight excluding hydrogens is 364 g/mol. The van der Waals surface area contributed by atoms with Crippen molar-refractivity contribution >= 4 is 16.9 Å². The summed E-state index contributed by atoms with van der Waals surface area (Å²) in [5, 5.41) is 18.3. The summed E-state index contributed by atoms with van der Waals surface area (Å²) in [5.41, 5.74) is 2.05. The highest BCUT2D eigenvalue weighted by Gasteiger charge is 2.08. The predicted molar refractivity (Wildman–Crippen MR) is 118 cm³/mol. The molecule has 3 aromatic rings. The van der Waals surface area contributed by atoms with Gasteiger partial charge in [-0.25, -0.2) is 0 Å². The number of benzene rings is 2. The molecule has 0 bridgehead atoms. The summed E-state index contributed by atoms with van der Waals surface area (Å²) in [6.07, 6.45) is 2.43. The minimum Gasteiger partial charge on any atom is -0.497 e. The molecule has 154 valence electrons. The van der Waals surface area contributed by atoms with E-state index in [1.165, 1.54) is 10.9 Å². The maximum absolute atomic E-state index is 10.4. The predicted octanol–water partition coefficient (Wildman–Crippen LogP) is 3.33. The lowest BCUT2D eigenvalue weighted by Crippen LogP contribution is -2.38. The molecule has 0 aliphatic carbocycles. The molecule has 1 unspecified atom stereocenters. The van der Waals surface area contributed by atoms with E-state index in [1.54, 1.807) is 7.11 Å². The van der Waals surface area contributed by atoms with Gasteiger partial charge in [0, 0.05) is 31.3 Å². The second kappa shape index (κ2) is 10.5. The van der Waals surface area contributed by atoms with Crippen LogP contribution in [0.15, 0.2) is 65.8 Å². The van der Waals surface area contributed by atoms with Gasteiger partial charge in [-0.05, 0) is 48.6 Å². The second-order valence-electron chi connectivity index (χ2n) is 6.86. The van der Waals surface area contributed by atoms with E-state index in [-0.39, 0.29) is 6.54 Å². The topological polar surface area (TPSA) is 70.8 Å². The molecule has 1 atom stereocenters. The third-order valence-electron chi connectivity index (χ3n) is 4.79. The summed E-state index contributed by atoms with van der Waals surface area (Å²) < 4.78 is 7.49. The molecule has 3 rings (SSSR count). The van der Waals surface area contributed by atoms with Gasteiger partial charge in [0.1, 0.15) is 5.75 Å². The first-order chi connectivity index (χ1) is 14.2. The molecule has 2 aromatic carbocycles. The zero-order valence-corrected chi connectivity index (χ0v) is 17.1. The second-order valence-corrected chi connectivity index (χ2v) is 6.86. The largest absolute Gasteiger partial charge is 0.497 e. The van der Waals surface area contributed by atoms with Gasteiger partial charge in [0.05, 0.1) is 19.8 Å². The Morgan fingerprint density at radius 3 is 2.83 bits per heavy atom. The fourth-order valence-electron chi connectivity index (χ4n) is 3.27. The highest BCUT2D eigenvalue weighted by molar-refractivity contribution is 5.80. The van der Waals surface area contributed by atoms with E-state index in [2.05, 4.69) is 56.7 Å². The molecule has 6 nitrogen and oxygen atoms in total. The van der Waals surface area contributed by atoms with Crippen LogP contribution in [-0.2, 0) is 6.54 Å². The van der Waals surface area contributed by atoms with E-state index in [0.29, 0.717) is 5.96 Å². The van der Waals surface area contributed by atoms with Gasteiger partial charge in [0.15, 0.2) is 5.96 Å². The van der Waals surface area contributed by atoms with E-state index in [4.69, 9.17) is 4.74 Å². The van der Waals surface area contributed by atoms with Crippen LogP contribution < -0.4 is 15.4 Å². The molecule has 1 aromatic heterocycles. The summed E-state index contributed by atoms with van der Waals surface area (Å²) in [4.78, 5) is 4.53. The summed E-state index contributed by atoms with van der Waals surface area (Å²) in [7, 11) is 1.62. The number of hydrogen-bond acceptors (Lipinski definition) is 3. The van der Waals surface area contributed by atoms with E-state index in [1.807, 2.05) is 31.2 Å². The lowest BCUT2D eigenvalue weighted by molar-refractivity contribution is 0.186. The molecule has 6 heteroatoms. The molecule has 0 aliphatic rings.